The van der Waals surface area contributed by atoms with E-state index in [0.717, 1.165) is 41.6 Å². The molecule has 0 atom stereocenters. The molecule has 1 fully saturated rings. The molecule has 0 radical (unpaired) electrons. The minimum atomic E-state index is -0.154. The molecule has 8 heteroatoms. The van der Waals surface area contributed by atoms with Gasteiger partial charge in [-0.1, -0.05) is 6.07 Å². The number of hydrogen-bond acceptors (Lipinski definition) is 6. The third-order valence-corrected chi connectivity index (χ3v) is 7.79. The third-order valence-electron chi connectivity index (χ3n) is 6.94. The molecule has 4 rings (SSSR count). The number of nitrogens with zero attached hydrogens (tertiary/aromatic N) is 2. The number of hydrogen-bond donors (Lipinski definition) is 0. The Bertz CT molecular complexity index is 1210. The number of amides is 1. The van der Waals surface area contributed by atoms with Crippen molar-refractivity contribution in [3.63, 3.8) is 0 Å². The number of fused-ring (bicyclic) bond motifs is 1. The molecule has 0 bridgehead atoms. The van der Waals surface area contributed by atoms with Crippen molar-refractivity contribution in [2.75, 3.05) is 25.7 Å². The lowest BCUT2D eigenvalue weighted by atomic mass is 9.79. The Kier molecular flexibility index (Phi) is 7.90. The SMILES string of the molecule is CCN(C(=O)Cn1c(C(=O)CC2CCC(C(=O)OC)CC2)cc2sccc21)c1cccc(OC)c1. The lowest BCUT2D eigenvalue weighted by Crippen LogP contribution is -2.34. The standard InChI is InChI=1S/C27H32N2O5S/c1-4-28(20-6-5-7-21(15-20)33-2)26(31)17-29-22-12-13-35-25(22)16-23(29)24(30)14-18-8-10-19(11-9-18)27(32)34-3/h5-7,12-13,15-16,18-19H,4,8-11,14,17H2,1-3H3. The number of likely N-dealkylation sites (N-methyl/N-ethyl adjacent to an activating group) is 1. The van der Waals surface area contributed by atoms with Crippen LogP contribution >= 0.6 is 11.3 Å². The Morgan fingerprint density at radius 2 is 1.86 bits per heavy atom. The second kappa shape index (κ2) is 11.1. The summed E-state index contributed by atoms with van der Waals surface area (Å²) >= 11 is 1.57. The third kappa shape index (κ3) is 5.42. The van der Waals surface area contributed by atoms with Crippen molar-refractivity contribution in [3.8, 4) is 5.75 Å². The molecule has 1 amide bonds. The second-order valence-corrected chi connectivity index (χ2v) is 9.94. The van der Waals surface area contributed by atoms with Gasteiger partial charge in [-0.2, -0.15) is 0 Å². The highest BCUT2D eigenvalue weighted by molar-refractivity contribution is 7.17. The molecular weight excluding hydrogens is 464 g/mol. The van der Waals surface area contributed by atoms with Crippen LogP contribution in [0.15, 0.2) is 41.8 Å². The van der Waals surface area contributed by atoms with Gasteiger partial charge in [-0.3, -0.25) is 14.4 Å². The van der Waals surface area contributed by atoms with Crippen molar-refractivity contribution >= 4 is 44.9 Å². The molecule has 0 N–H and O–H groups in total. The predicted octanol–water partition coefficient (Wildman–Crippen LogP) is 5.32. The Hall–Kier alpha value is -3.13. The number of carbonyl (C=O) groups excluding carboxylic acids is 3. The first-order valence-electron chi connectivity index (χ1n) is 12.1. The van der Waals surface area contributed by atoms with E-state index < -0.39 is 0 Å². The van der Waals surface area contributed by atoms with E-state index in [1.807, 2.05) is 53.3 Å². The van der Waals surface area contributed by atoms with E-state index in [2.05, 4.69) is 0 Å². The van der Waals surface area contributed by atoms with Gasteiger partial charge in [0.15, 0.2) is 5.78 Å². The van der Waals surface area contributed by atoms with Crippen LogP contribution in [0.1, 0.15) is 49.5 Å². The molecular formula is C27H32N2O5S. The summed E-state index contributed by atoms with van der Waals surface area (Å²) in [5.74, 6) is 0.676. The molecule has 0 unspecified atom stereocenters. The van der Waals surface area contributed by atoms with Gasteiger partial charge in [0.05, 0.1) is 36.0 Å². The van der Waals surface area contributed by atoms with Gasteiger partial charge in [-0.25, -0.2) is 0 Å². The number of anilines is 1. The van der Waals surface area contributed by atoms with Crippen molar-refractivity contribution < 1.29 is 23.9 Å². The van der Waals surface area contributed by atoms with Crippen LogP contribution in [-0.2, 0) is 20.9 Å². The van der Waals surface area contributed by atoms with Gasteiger partial charge in [0.1, 0.15) is 12.3 Å². The zero-order valence-electron chi connectivity index (χ0n) is 20.5. The summed E-state index contributed by atoms with van der Waals surface area (Å²) in [6.07, 6.45) is 3.60. The number of benzene rings is 1. The van der Waals surface area contributed by atoms with Gasteiger partial charge in [0.2, 0.25) is 5.91 Å². The maximum Gasteiger partial charge on any atom is 0.308 e. The summed E-state index contributed by atoms with van der Waals surface area (Å²) in [5.41, 5.74) is 2.25. The maximum atomic E-state index is 13.4. The fraction of sp³-hybridized carbons (Fsp3) is 0.444. The highest BCUT2D eigenvalue weighted by Gasteiger charge is 2.29. The van der Waals surface area contributed by atoms with Crippen molar-refractivity contribution in [1.82, 2.24) is 4.57 Å². The smallest absolute Gasteiger partial charge is 0.308 e. The summed E-state index contributed by atoms with van der Waals surface area (Å²) in [5, 5.41) is 1.98. The quantitative estimate of drug-likeness (QED) is 0.296. The number of rotatable bonds is 9. The highest BCUT2D eigenvalue weighted by Crippen LogP contribution is 2.34. The number of methoxy groups -OCH3 is 2. The van der Waals surface area contributed by atoms with E-state index in [0.29, 0.717) is 24.4 Å². The zero-order valence-corrected chi connectivity index (χ0v) is 21.3. The van der Waals surface area contributed by atoms with E-state index in [9.17, 15) is 14.4 Å². The number of ketones is 1. The molecule has 1 saturated carbocycles. The molecule has 1 aromatic carbocycles. The lowest BCUT2D eigenvalue weighted by molar-refractivity contribution is -0.146. The fourth-order valence-electron chi connectivity index (χ4n) is 5.02. The van der Waals surface area contributed by atoms with Gasteiger partial charge < -0.3 is 18.9 Å². The van der Waals surface area contributed by atoms with Gasteiger partial charge in [0.25, 0.3) is 0 Å². The van der Waals surface area contributed by atoms with Crippen LogP contribution in [0.5, 0.6) is 5.75 Å². The van der Waals surface area contributed by atoms with Crippen LogP contribution in [0.25, 0.3) is 10.2 Å². The van der Waals surface area contributed by atoms with E-state index in [4.69, 9.17) is 9.47 Å². The van der Waals surface area contributed by atoms with Crippen LogP contribution in [0, 0.1) is 11.8 Å². The van der Waals surface area contributed by atoms with Gasteiger partial charge in [0, 0.05) is 24.7 Å². The molecule has 3 aromatic rings. The monoisotopic (exact) mass is 496 g/mol. The van der Waals surface area contributed by atoms with Gasteiger partial charge >= 0.3 is 5.97 Å². The number of aromatic nitrogens is 1. The van der Waals surface area contributed by atoms with E-state index in [1.54, 1.807) is 23.3 Å². The second-order valence-electron chi connectivity index (χ2n) is 8.99. The minimum Gasteiger partial charge on any atom is -0.497 e. The summed E-state index contributed by atoms with van der Waals surface area (Å²) in [7, 11) is 3.02. The summed E-state index contributed by atoms with van der Waals surface area (Å²) in [6.45, 7) is 2.53. The topological polar surface area (TPSA) is 77.8 Å². The molecule has 35 heavy (non-hydrogen) atoms. The van der Waals surface area contributed by atoms with Crippen molar-refractivity contribution in [2.24, 2.45) is 11.8 Å². The van der Waals surface area contributed by atoms with Gasteiger partial charge in [-0.15, -0.1) is 11.3 Å². The van der Waals surface area contributed by atoms with Crippen LogP contribution in [0.3, 0.4) is 0 Å². The molecule has 0 saturated heterocycles. The zero-order chi connectivity index (χ0) is 24.9. The number of ether oxygens (including phenoxy) is 2. The first kappa shape index (κ1) is 25.0. The Labute approximate surface area is 209 Å². The van der Waals surface area contributed by atoms with Crippen LogP contribution in [-0.4, -0.2) is 43.0 Å². The molecule has 1 aliphatic rings. The first-order valence-corrected chi connectivity index (χ1v) is 12.9. The molecule has 0 aliphatic heterocycles. The van der Waals surface area contributed by atoms with E-state index in [1.165, 1.54) is 7.11 Å². The van der Waals surface area contributed by atoms with Crippen molar-refractivity contribution in [3.05, 3.63) is 47.5 Å². The lowest BCUT2D eigenvalue weighted by Gasteiger charge is -2.26. The average Bonchev–Trinajstić information content (AvgIpc) is 3.47. The molecule has 0 spiro atoms. The normalized spacial score (nSPS) is 17.8. The Morgan fingerprint density at radius 1 is 1.09 bits per heavy atom. The number of carbonyl (C=O) groups is 3. The predicted molar refractivity (Wildman–Crippen MR) is 137 cm³/mol. The number of thiophene rings is 1. The van der Waals surface area contributed by atoms with Crippen molar-refractivity contribution in [2.45, 2.75) is 45.6 Å². The summed E-state index contributed by atoms with van der Waals surface area (Å²) in [4.78, 5) is 40.3. The molecule has 2 aromatic heterocycles. The van der Waals surface area contributed by atoms with Crippen LogP contribution in [0.2, 0.25) is 0 Å². The molecule has 186 valence electrons. The number of esters is 1. The molecule has 1 aliphatic carbocycles. The maximum absolute atomic E-state index is 13.4. The molecule has 7 nitrogen and oxygen atoms in total. The van der Waals surface area contributed by atoms with E-state index >= 15 is 0 Å². The van der Waals surface area contributed by atoms with E-state index in [-0.39, 0.29) is 36.0 Å². The van der Waals surface area contributed by atoms with Crippen LogP contribution < -0.4 is 9.64 Å². The highest BCUT2D eigenvalue weighted by atomic mass is 32.1. The summed E-state index contributed by atoms with van der Waals surface area (Å²) in [6, 6.07) is 11.3. The Morgan fingerprint density at radius 3 is 2.54 bits per heavy atom. The van der Waals surface area contributed by atoms with Crippen molar-refractivity contribution in [1.29, 1.82) is 0 Å². The fourth-order valence-corrected chi connectivity index (χ4v) is 5.84. The average molecular weight is 497 g/mol. The Balaban J connectivity index is 1.51. The number of Topliss-reactive ketones (excluding diaryl/α,β-unsaturated/α-hetero) is 1. The summed E-state index contributed by atoms with van der Waals surface area (Å²) < 4.78 is 13.1. The first-order chi connectivity index (χ1) is 16.9. The minimum absolute atomic E-state index is 0.0483. The molecule has 2 heterocycles. The van der Waals surface area contributed by atoms with Crippen LogP contribution in [0.4, 0.5) is 5.69 Å². The van der Waals surface area contributed by atoms with Gasteiger partial charge in [-0.05, 0) is 68.2 Å². The largest absolute Gasteiger partial charge is 0.497 e.